The fraction of sp³-hybridized carbons (Fsp3) is 0.333. The highest BCUT2D eigenvalue weighted by atomic mass is 127. The number of aryl methyl sites for hydroxylation is 2. The van der Waals surface area contributed by atoms with Gasteiger partial charge in [-0.1, -0.05) is 35.0 Å². The van der Waals surface area contributed by atoms with E-state index in [9.17, 15) is 0 Å². The third-order valence-corrected chi connectivity index (χ3v) is 5.02. The minimum absolute atomic E-state index is 0.777. The van der Waals surface area contributed by atoms with Gasteiger partial charge >= 0.3 is 0 Å². The van der Waals surface area contributed by atoms with Gasteiger partial charge in [-0.15, -0.1) is 0 Å². The SMILES string of the molecule is CCNc1nc(-c2ccc(C)c(Br)c2)nc(CC)c1I. The molecule has 0 aliphatic rings. The van der Waals surface area contributed by atoms with Crippen LogP contribution in [0.4, 0.5) is 5.82 Å². The largest absolute Gasteiger partial charge is 0.369 e. The Balaban J connectivity index is 2.55. The predicted octanol–water partition coefficient (Wildman–Crippen LogP) is 4.81. The highest BCUT2D eigenvalue weighted by Crippen LogP contribution is 2.27. The van der Waals surface area contributed by atoms with E-state index in [2.05, 4.69) is 87.8 Å². The maximum atomic E-state index is 4.70. The number of aromatic nitrogens is 2. The molecule has 1 heterocycles. The number of rotatable bonds is 4. The van der Waals surface area contributed by atoms with Crippen LogP contribution >= 0.6 is 38.5 Å². The van der Waals surface area contributed by atoms with Crippen molar-refractivity contribution in [1.29, 1.82) is 0 Å². The lowest BCUT2D eigenvalue weighted by molar-refractivity contribution is 0.982. The van der Waals surface area contributed by atoms with Gasteiger partial charge in [-0.25, -0.2) is 9.97 Å². The van der Waals surface area contributed by atoms with E-state index in [1.54, 1.807) is 0 Å². The summed E-state index contributed by atoms with van der Waals surface area (Å²) < 4.78 is 2.20. The van der Waals surface area contributed by atoms with Crippen LogP contribution in [-0.2, 0) is 6.42 Å². The van der Waals surface area contributed by atoms with E-state index in [1.165, 1.54) is 5.56 Å². The van der Waals surface area contributed by atoms with Crippen molar-refractivity contribution in [2.75, 3.05) is 11.9 Å². The van der Waals surface area contributed by atoms with E-state index in [4.69, 9.17) is 4.98 Å². The number of nitrogens with one attached hydrogen (secondary N) is 1. The molecule has 0 saturated heterocycles. The summed E-state index contributed by atoms with van der Waals surface area (Å²) in [5.74, 6) is 1.70. The molecule has 106 valence electrons. The van der Waals surface area contributed by atoms with Crippen LogP contribution in [0.2, 0.25) is 0 Å². The monoisotopic (exact) mass is 445 g/mol. The molecule has 1 N–H and O–H groups in total. The number of hydrogen-bond acceptors (Lipinski definition) is 3. The molecule has 0 aliphatic carbocycles. The van der Waals surface area contributed by atoms with Crippen LogP contribution in [0.3, 0.4) is 0 Å². The van der Waals surface area contributed by atoms with Crippen LogP contribution in [0, 0.1) is 10.5 Å². The molecule has 1 aromatic carbocycles. The number of benzene rings is 1. The van der Waals surface area contributed by atoms with Crippen LogP contribution in [-0.4, -0.2) is 16.5 Å². The van der Waals surface area contributed by atoms with Crippen molar-refractivity contribution in [3.63, 3.8) is 0 Å². The number of hydrogen-bond donors (Lipinski definition) is 1. The molecule has 20 heavy (non-hydrogen) atoms. The van der Waals surface area contributed by atoms with Gasteiger partial charge in [0.1, 0.15) is 5.82 Å². The van der Waals surface area contributed by atoms with Gasteiger partial charge in [0, 0.05) is 16.6 Å². The molecular weight excluding hydrogens is 429 g/mol. The summed E-state index contributed by atoms with van der Waals surface area (Å²) in [4.78, 5) is 9.36. The Kier molecular flexibility index (Phi) is 5.37. The molecule has 2 aromatic rings. The number of nitrogens with zero attached hydrogens (tertiary/aromatic N) is 2. The molecule has 0 radical (unpaired) electrons. The molecule has 3 nitrogen and oxygen atoms in total. The zero-order valence-corrected chi connectivity index (χ0v) is 15.5. The second kappa shape index (κ2) is 6.85. The molecule has 0 fully saturated rings. The molecule has 0 bridgehead atoms. The average Bonchev–Trinajstić information content (AvgIpc) is 2.44. The summed E-state index contributed by atoms with van der Waals surface area (Å²) in [6.07, 6.45) is 0.902. The zero-order chi connectivity index (χ0) is 14.7. The first-order chi connectivity index (χ1) is 9.56. The first-order valence-corrected chi connectivity index (χ1v) is 8.50. The van der Waals surface area contributed by atoms with Crippen LogP contribution in [0.5, 0.6) is 0 Å². The average molecular weight is 446 g/mol. The van der Waals surface area contributed by atoms with Crippen molar-refractivity contribution in [2.24, 2.45) is 0 Å². The van der Waals surface area contributed by atoms with Crippen molar-refractivity contribution in [3.05, 3.63) is 37.5 Å². The van der Waals surface area contributed by atoms with E-state index in [0.717, 1.165) is 43.9 Å². The lowest BCUT2D eigenvalue weighted by atomic mass is 10.1. The van der Waals surface area contributed by atoms with Gasteiger partial charge in [0.15, 0.2) is 5.82 Å². The Labute approximate surface area is 141 Å². The minimum atomic E-state index is 0.777. The van der Waals surface area contributed by atoms with Crippen molar-refractivity contribution in [1.82, 2.24) is 9.97 Å². The van der Waals surface area contributed by atoms with E-state index in [0.29, 0.717) is 0 Å². The molecule has 0 atom stereocenters. The maximum Gasteiger partial charge on any atom is 0.161 e. The molecule has 0 spiro atoms. The Bertz CT molecular complexity index is 629. The Hall–Kier alpha value is -0.690. The van der Waals surface area contributed by atoms with Crippen molar-refractivity contribution >= 4 is 44.3 Å². The smallest absolute Gasteiger partial charge is 0.161 e. The second-order valence-electron chi connectivity index (χ2n) is 4.50. The molecule has 2 rings (SSSR count). The van der Waals surface area contributed by atoms with Gasteiger partial charge in [0.25, 0.3) is 0 Å². The Morgan fingerprint density at radius 1 is 1.25 bits per heavy atom. The standard InChI is InChI=1S/C15H17BrIN3/c1-4-12-13(17)15(18-5-2)20-14(19-12)10-7-6-9(3)11(16)8-10/h6-8H,4-5H2,1-3H3,(H,18,19,20). The van der Waals surface area contributed by atoms with E-state index < -0.39 is 0 Å². The minimum Gasteiger partial charge on any atom is -0.369 e. The Morgan fingerprint density at radius 2 is 2.00 bits per heavy atom. The lowest BCUT2D eigenvalue weighted by Crippen LogP contribution is -2.07. The summed E-state index contributed by atoms with van der Waals surface area (Å²) in [6.45, 7) is 7.12. The molecule has 5 heteroatoms. The molecule has 1 aromatic heterocycles. The summed E-state index contributed by atoms with van der Waals surface area (Å²) in [5, 5.41) is 3.32. The summed E-state index contributed by atoms with van der Waals surface area (Å²) in [5.41, 5.74) is 3.33. The van der Waals surface area contributed by atoms with Gasteiger partial charge in [0.2, 0.25) is 0 Å². The van der Waals surface area contributed by atoms with Crippen molar-refractivity contribution < 1.29 is 0 Å². The maximum absolute atomic E-state index is 4.70. The lowest BCUT2D eigenvalue weighted by Gasteiger charge is -2.12. The molecule has 0 saturated carbocycles. The van der Waals surface area contributed by atoms with E-state index >= 15 is 0 Å². The molecule has 0 amide bonds. The quantitative estimate of drug-likeness (QED) is 0.686. The first kappa shape index (κ1) is 15.7. The van der Waals surface area contributed by atoms with Gasteiger partial charge in [-0.2, -0.15) is 0 Å². The second-order valence-corrected chi connectivity index (χ2v) is 6.44. The van der Waals surface area contributed by atoms with Crippen LogP contribution < -0.4 is 5.32 Å². The fourth-order valence-electron chi connectivity index (χ4n) is 1.87. The topological polar surface area (TPSA) is 37.8 Å². The third-order valence-electron chi connectivity index (χ3n) is 3.03. The molecule has 0 unspecified atom stereocenters. The number of halogens is 2. The van der Waals surface area contributed by atoms with Gasteiger partial charge in [-0.3, -0.25) is 0 Å². The van der Waals surface area contributed by atoms with Gasteiger partial charge < -0.3 is 5.32 Å². The summed E-state index contributed by atoms with van der Waals surface area (Å²) >= 11 is 5.89. The van der Waals surface area contributed by atoms with Crippen LogP contribution in [0.15, 0.2) is 22.7 Å². The summed E-state index contributed by atoms with van der Waals surface area (Å²) in [7, 11) is 0. The van der Waals surface area contributed by atoms with Gasteiger partial charge in [-0.05, 0) is 54.5 Å². The van der Waals surface area contributed by atoms with Crippen LogP contribution in [0.1, 0.15) is 25.1 Å². The molecule has 0 aliphatic heterocycles. The van der Waals surface area contributed by atoms with E-state index in [-0.39, 0.29) is 0 Å². The normalized spacial score (nSPS) is 10.7. The van der Waals surface area contributed by atoms with Gasteiger partial charge in [0.05, 0.1) is 9.26 Å². The number of anilines is 1. The van der Waals surface area contributed by atoms with Crippen molar-refractivity contribution in [3.8, 4) is 11.4 Å². The highest BCUT2D eigenvalue weighted by Gasteiger charge is 2.12. The molecular formula is C15H17BrIN3. The van der Waals surface area contributed by atoms with Crippen molar-refractivity contribution in [2.45, 2.75) is 27.2 Å². The predicted molar refractivity (Wildman–Crippen MR) is 96.2 cm³/mol. The highest BCUT2D eigenvalue weighted by molar-refractivity contribution is 14.1. The third kappa shape index (κ3) is 3.31. The van der Waals surface area contributed by atoms with Crippen LogP contribution in [0.25, 0.3) is 11.4 Å². The van der Waals surface area contributed by atoms with E-state index in [1.807, 2.05) is 0 Å². The summed E-state index contributed by atoms with van der Waals surface area (Å²) in [6, 6.07) is 6.23. The Morgan fingerprint density at radius 3 is 2.60 bits per heavy atom. The fourth-order valence-corrected chi connectivity index (χ4v) is 3.07. The first-order valence-electron chi connectivity index (χ1n) is 6.63. The zero-order valence-electron chi connectivity index (χ0n) is 11.8.